The van der Waals surface area contributed by atoms with Crippen molar-refractivity contribution >= 4 is 5.69 Å². The third kappa shape index (κ3) is 3.30. The van der Waals surface area contributed by atoms with Gasteiger partial charge < -0.3 is 4.90 Å². The van der Waals surface area contributed by atoms with Crippen molar-refractivity contribution in [2.75, 3.05) is 24.5 Å². The molecule has 0 saturated carbocycles. The molecule has 0 spiro atoms. The van der Waals surface area contributed by atoms with E-state index in [4.69, 9.17) is 0 Å². The molecule has 2 aromatic heterocycles. The van der Waals surface area contributed by atoms with Gasteiger partial charge in [0.15, 0.2) is 5.69 Å². The number of nitriles is 1. The lowest BCUT2D eigenvalue weighted by Crippen LogP contribution is -2.51. The summed E-state index contributed by atoms with van der Waals surface area (Å²) in [5, 5.41) is 9.20. The zero-order valence-corrected chi connectivity index (χ0v) is 13.0. The first-order valence-electron chi connectivity index (χ1n) is 7.61. The number of aromatic nitrogens is 2. The topological polar surface area (TPSA) is 56.1 Å². The maximum Gasteiger partial charge on any atom is 0.163 e. The Labute approximate surface area is 135 Å². The van der Waals surface area contributed by atoms with Crippen molar-refractivity contribution in [3.05, 3.63) is 53.9 Å². The zero-order chi connectivity index (χ0) is 16.2. The Balaban J connectivity index is 1.70. The molecule has 23 heavy (non-hydrogen) atoms. The van der Waals surface area contributed by atoms with E-state index >= 15 is 0 Å². The lowest BCUT2D eigenvalue weighted by Gasteiger charge is -2.41. The Hall–Kier alpha value is -2.52. The van der Waals surface area contributed by atoms with Crippen LogP contribution < -0.4 is 4.90 Å². The van der Waals surface area contributed by atoms with Gasteiger partial charge in [0.25, 0.3) is 0 Å². The highest BCUT2D eigenvalue weighted by Gasteiger charge is 2.25. The Morgan fingerprint density at radius 3 is 2.96 bits per heavy atom. The molecule has 0 radical (unpaired) electrons. The molecule has 1 fully saturated rings. The first-order valence-corrected chi connectivity index (χ1v) is 7.61. The standard InChI is InChI=1S/C17H18FN5/c1-13-11-23(17-3-2-5-21-16(17)9-19)8-7-22(13)12-14-4-6-20-10-15(14)18/h2-6,10,13H,7-8,11-12H2,1H3. The normalized spacial score (nSPS) is 18.7. The van der Waals surface area contributed by atoms with Crippen molar-refractivity contribution in [1.82, 2.24) is 14.9 Å². The second kappa shape index (κ2) is 6.71. The molecule has 6 heteroatoms. The maximum absolute atomic E-state index is 13.8. The van der Waals surface area contributed by atoms with E-state index in [2.05, 4.69) is 32.8 Å². The van der Waals surface area contributed by atoms with Gasteiger partial charge in [0.2, 0.25) is 0 Å². The van der Waals surface area contributed by atoms with Crippen molar-refractivity contribution in [2.45, 2.75) is 19.5 Å². The summed E-state index contributed by atoms with van der Waals surface area (Å²) in [7, 11) is 0. The fourth-order valence-electron chi connectivity index (χ4n) is 2.94. The summed E-state index contributed by atoms with van der Waals surface area (Å²) in [6.45, 7) is 5.07. The molecule has 0 aromatic carbocycles. The Kier molecular flexibility index (Phi) is 4.49. The third-order valence-electron chi connectivity index (χ3n) is 4.23. The molecule has 0 aliphatic carbocycles. The van der Waals surface area contributed by atoms with Crippen LogP contribution in [-0.4, -0.2) is 40.5 Å². The minimum atomic E-state index is -0.263. The number of pyridine rings is 2. The van der Waals surface area contributed by atoms with Gasteiger partial charge in [0.1, 0.15) is 11.9 Å². The minimum Gasteiger partial charge on any atom is -0.366 e. The molecule has 1 atom stereocenters. The van der Waals surface area contributed by atoms with Crippen LogP contribution in [0.15, 0.2) is 36.8 Å². The average Bonchev–Trinajstić information content (AvgIpc) is 2.58. The Morgan fingerprint density at radius 2 is 2.22 bits per heavy atom. The number of rotatable bonds is 3. The van der Waals surface area contributed by atoms with Gasteiger partial charge in [-0.1, -0.05) is 0 Å². The lowest BCUT2D eigenvalue weighted by molar-refractivity contribution is 0.179. The first kappa shape index (κ1) is 15.4. The van der Waals surface area contributed by atoms with Crippen LogP contribution in [0.1, 0.15) is 18.2 Å². The second-order valence-electron chi connectivity index (χ2n) is 5.72. The molecule has 0 N–H and O–H groups in total. The predicted octanol–water partition coefficient (Wildman–Crippen LogP) is 2.20. The van der Waals surface area contributed by atoms with E-state index in [9.17, 15) is 9.65 Å². The van der Waals surface area contributed by atoms with Crippen LogP contribution in [0.25, 0.3) is 0 Å². The largest absolute Gasteiger partial charge is 0.366 e. The van der Waals surface area contributed by atoms with E-state index in [1.807, 2.05) is 12.1 Å². The van der Waals surface area contributed by atoms with Gasteiger partial charge in [-0.25, -0.2) is 9.37 Å². The molecule has 3 rings (SSSR count). The molecular formula is C17H18FN5. The molecule has 0 bridgehead atoms. The molecule has 1 aliphatic heterocycles. The number of hydrogen-bond acceptors (Lipinski definition) is 5. The molecule has 1 unspecified atom stereocenters. The second-order valence-corrected chi connectivity index (χ2v) is 5.72. The molecule has 1 aliphatic rings. The summed E-state index contributed by atoms with van der Waals surface area (Å²) in [4.78, 5) is 12.3. The third-order valence-corrected chi connectivity index (χ3v) is 4.23. The fraction of sp³-hybridized carbons (Fsp3) is 0.353. The van der Waals surface area contributed by atoms with Crippen LogP contribution in [0.4, 0.5) is 10.1 Å². The zero-order valence-electron chi connectivity index (χ0n) is 13.0. The quantitative estimate of drug-likeness (QED) is 0.870. The van der Waals surface area contributed by atoms with E-state index in [0.717, 1.165) is 25.3 Å². The molecule has 5 nitrogen and oxygen atoms in total. The molecule has 1 saturated heterocycles. The van der Waals surface area contributed by atoms with E-state index in [1.165, 1.54) is 6.20 Å². The van der Waals surface area contributed by atoms with Gasteiger partial charge in [-0.3, -0.25) is 9.88 Å². The van der Waals surface area contributed by atoms with Crippen molar-refractivity contribution in [3.63, 3.8) is 0 Å². The summed E-state index contributed by atoms with van der Waals surface area (Å²) >= 11 is 0. The van der Waals surface area contributed by atoms with Crippen molar-refractivity contribution in [3.8, 4) is 6.07 Å². The monoisotopic (exact) mass is 311 g/mol. The summed E-state index contributed by atoms with van der Waals surface area (Å²) < 4.78 is 13.8. The average molecular weight is 311 g/mol. The Bertz CT molecular complexity index is 727. The van der Waals surface area contributed by atoms with Gasteiger partial charge in [-0.2, -0.15) is 5.26 Å². The number of hydrogen-bond donors (Lipinski definition) is 0. The fourth-order valence-corrected chi connectivity index (χ4v) is 2.94. The highest BCUT2D eigenvalue weighted by Crippen LogP contribution is 2.22. The van der Waals surface area contributed by atoms with E-state index < -0.39 is 0 Å². The van der Waals surface area contributed by atoms with Crippen LogP contribution in [0.2, 0.25) is 0 Å². The minimum absolute atomic E-state index is 0.253. The molecule has 2 aromatic rings. The summed E-state index contributed by atoms with van der Waals surface area (Å²) in [6, 6.07) is 7.90. The smallest absolute Gasteiger partial charge is 0.163 e. The van der Waals surface area contributed by atoms with Crippen LogP contribution >= 0.6 is 0 Å². The number of nitrogens with zero attached hydrogens (tertiary/aromatic N) is 5. The van der Waals surface area contributed by atoms with E-state index in [1.54, 1.807) is 18.5 Å². The van der Waals surface area contributed by atoms with Crippen LogP contribution in [0, 0.1) is 17.1 Å². The van der Waals surface area contributed by atoms with E-state index in [-0.39, 0.29) is 11.9 Å². The predicted molar refractivity (Wildman–Crippen MR) is 85.2 cm³/mol. The summed E-state index contributed by atoms with van der Waals surface area (Å²) in [5.74, 6) is -0.263. The number of anilines is 1. The van der Waals surface area contributed by atoms with Gasteiger partial charge in [-0.15, -0.1) is 0 Å². The van der Waals surface area contributed by atoms with Crippen molar-refractivity contribution in [1.29, 1.82) is 5.26 Å². The van der Waals surface area contributed by atoms with Crippen LogP contribution in [0.5, 0.6) is 0 Å². The first-order chi connectivity index (χ1) is 11.2. The number of piperazine rings is 1. The van der Waals surface area contributed by atoms with Crippen LogP contribution in [0.3, 0.4) is 0 Å². The molecule has 3 heterocycles. The van der Waals surface area contributed by atoms with Gasteiger partial charge in [-0.05, 0) is 25.1 Å². The SMILES string of the molecule is CC1CN(c2cccnc2C#N)CCN1Cc1ccncc1F. The Morgan fingerprint density at radius 1 is 1.35 bits per heavy atom. The van der Waals surface area contributed by atoms with Gasteiger partial charge in [0.05, 0.1) is 11.9 Å². The molecule has 0 amide bonds. The molecule has 118 valence electrons. The van der Waals surface area contributed by atoms with Crippen LogP contribution in [-0.2, 0) is 6.54 Å². The highest BCUT2D eigenvalue weighted by molar-refractivity contribution is 5.56. The number of halogens is 1. The highest BCUT2D eigenvalue weighted by atomic mass is 19.1. The van der Waals surface area contributed by atoms with E-state index in [0.29, 0.717) is 17.8 Å². The maximum atomic E-state index is 13.8. The van der Waals surface area contributed by atoms with Crippen molar-refractivity contribution < 1.29 is 4.39 Å². The summed E-state index contributed by atoms with van der Waals surface area (Å²) in [6.07, 6.45) is 4.51. The molecular weight excluding hydrogens is 293 g/mol. The van der Waals surface area contributed by atoms with Gasteiger partial charge in [0, 0.05) is 50.2 Å². The lowest BCUT2D eigenvalue weighted by atomic mass is 10.1. The summed E-state index contributed by atoms with van der Waals surface area (Å²) in [5.41, 5.74) is 1.99. The van der Waals surface area contributed by atoms with Gasteiger partial charge >= 0.3 is 0 Å². The van der Waals surface area contributed by atoms with Crippen molar-refractivity contribution in [2.24, 2.45) is 0 Å².